The third-order valence-corrected chi connectivity index (χ3v) is 5.77. The summed E-state index contributed by atoms with van der Waals surface area (Å²) in [5.41, 5.74) is 13.3. The Bertz CT molecular complexity index is 1340. The van der Waals surface area contributed by atoms with Gasteiger partial charge in [0, 0.05) is 25.0 Å². The van der Waals surface area contributed by atoms with Crippen LogP contribution in [0.1, 0.15) is 45.7 Å². The predicted octanol–water partition coefficient (Wildman–Crippen LogP) is 5.91. The summed E-state index contributed by atoms with van der Waals surface area (Å²) in [6.45, 7) is 13.9. The minimum Gasteiger partial charge on any atom is -0.322 e. The first-order valence-corrected chi connectivity index (χ1v) is 11.4. The number of imidazole rings is 1. The van der Waals surface area contributed by atoms with Gasteiger partial charge in [0.15, 0.2) is 0 Å². The van der Waals surface area contributed by atoms with Gasteiger partial charge in [0.05, 0.1) is 17.1 Å². The Labute approximate surface area is 202 Å². The van der Waals surface area contributed by atoms with Gasteiger partial charge in [-0.1, -0.05) is 48.6 Å². The standard InChI is InChI=1S/C29H34N4O/c1-8-10-11-25(20(3)4)24(9-2)21-16-17-31-26(18-21)27-19-32(7)28(34)33(27)23-14-12-22(13-15-23)29(5,6)30/h8-19H,1,30H2,2-7H3/b11-10-,24-9-. The monoisotopic (exact) mass is 454 g/mol. The highest BCUT2D eigenvalue weighted by atomic mass is 16.1. The van der Waals surface area contributed by atoms with Crippen LogP contribution in [0.2, 0.25) is 0 Å². The molecule has 5 nitrogen and oxygen atoms in total. The predicted molar refractivity (Wildman–Crippen MR) is 143 cm³/mol. The maximum absolute atomic E-state index is 13.1. The highest BCUT2D eigenvalue weighted by Gasteiger charge is 2.18. The maximum Gasteiger partial charge on any atom is 0.333 e. The van der Waals surface area contributed by atoms with E-state index in [9.17, 15) is 4.79 Å². The van der Waals surface area contributed by atoms with Crippen LogP contribution in [0.15, 0.2) is 95.6 Å². The van der Waals surface area contributed by atoms with E-state index in [1.807, 2.05) is 69.4 Å². The van der Waals surface area contributed by atoms with Crippen LogP contribution >= 0.6 is 0 Å². The van der Waals surface area contributed by atoms with Crippen LogP contribution in [-0.4, -0.2) is 14.1 Å². The summed E-state index contributed by atoms with van der Waals surface area (Å²) >= 11 is 0. The fourth-order valence-electron chi connectivity index (χ4n) is 3.93. The van der Waals surface area contributed by atoms with Crippen LogP contribution in [0.25, 0.3) is 22.6 Å². The van der Waals surface area contributed by atoms with E-state index in [4.69, 9.17) is 5.73 Å². The smallest absolute Gasteiger partial charge is 0.322 e. The topological polar surface area (TPSA) is 65.8 Å². The van der Waals surface area contributed by atoms with E-state index in [0.29, 0.717) is 0 Å². The second-order valence-corrected chi connectivity index (χ2v) is 9.15. The van der Waals surface area contributed by atoms with E-state index < -0.39 is 5.54 Å². The van der Waals surface area contributed by atoms with Crippen molar-refractivity contribution in [3.05, 3.63) is 112 Å². The van der Waals surface area contributed by atoms with Gasteiger partial charge in [-0.15, -0.1) is 0 Å². The van der Waals surface area contributed by atoms with Crippen LogP contribution in [0.3, 0.4) is 0 Å². The van der Waals surface area contributed by atoms with Gasteiger partial charge >= 0.3 is 5.69 Å². The third-order valence-electron chi connectivity index (χ3n) is 5.77. The van der Waals surface area contributed by atoms with Crippen molar-refractivity contribution in [2.45, 2.75) is 40.2 Å². The van der Waals surface area contributed by atoms with Gasteiger partial charge in [-0.2, -0.15) is 0 Å². The van der Waals surface area contributed by atoms with Gasteiger partial charge in [0.25, 0.3) is 0 Å². The summed E-state index contributed by atoms with van der Waals surface area (Å²) in [4.78, 5) is 17.7. The fraction of sp³-hybridized carbons (Fsp3) is 0.241. The Hall–Kier alpha value is -3.70. The molecule has 3 aromatic rings. The molecule has 2 heterocycles. The third kappa shape index (κ3) is 5.10. The molecule has 0 aliphatic rings. The number of aryl methyl sites for hydroxylation is 1. The molecule has 0 aliphatic heterocycles. The minimum atomic E-state index is -0.454. The zero-order valence-electron chi connectivity index (χ0n) is 21.0. The molecule has 5 heteroatoms. The van der Waals surface area contributed by atoms with Crippen LogP contribution in [0.5, 0.6) is 0 Å². The minimum absolute atomic E-state index is 0.132. The van der Waals surface area contributed by atoms with Crippen molar-refractivity contribution in [2.75, 3.05) is 0 Å². The van der Waals surface area contributed by atoms with E-state index in [0.717, 1.165) is 39.3 Å². The lowest BCUT2D eigenvalue weighted by atomic mass is 9.94. The lowest BCUT2D eigenvalue weighted by Gasteiger charge is -2.19. The molecular formula is C29H34N4O. The van der Waals surface area contributed by atoms with Gasteiger partial charge in [0.1, 0.15) is 0 Å². The van der Waals surface area contributed by atoms with Crippen molar-refractivity contribution in [1.29, 1.82) is 0 Å². The van der Waals surface area contributed by atoms with E-state index in [1.54, 1.807) is 28.5 Å². The molecule has 0 unspecified atom stereocenters. The second kappa shape index (κ2) is 10.1. The SMILES string of the molecule is C=C/C=C\C(=C(C)C)/C(=C\C)c1ccnc(-c2cn(C)c(=O)n2-c2ccc(C(C)(C)N)cc2)c1. The van der Waals surface area contributed by atoms with Crippen LogP contribution in [0.4, 0.5) is 0 Å². The Balaban J connectivity index is 2.15. The lowest BCUT2D eigenvalue weighted by Crippen LogP contribution is -2.28. The molecule has 0 saturated carbocycles. The molecule has 3 rings (SSSR count). The Kier molecular flexibility index (Phi) is 7.38. The molecule has 0 fully saturated rings. The summed E-state index contributed by atoms with van der Waals surface area (Å²) < 4.78 is 3.27. The van der Waals surface area contributed by atoms with E-state index in [2.05, 4.69) is 37.6 Å². The lowest BCUT2D eigenvalue weighted by molar-refractivity contribution is 0.554. The Morgan fingerprint density at radius 1 is 1.15 bits per heavy atom. The number of nitrogens with two attached hydrogens (primary N) is 1. The van der Waals surface area contributed by atoms with Crippen LogP contribution in [0, 0.1) is 0 Å². The number of allylic oxidation sites excluding steroid dienone is 7. The van der Waals surface area contributed by atoms with Crippen molar-refractivity contribution in [1.82, 2.24) is 14.1 Å². The number of nitrogens with zero attached hydrogens (tertiary/aromatic N) is 3. The van der Waals surface area contributed by atoms with Gasteiger partial charge < -0.3 is 10.3 Å². The highest BCUT2D eigenvalue weighted by molar-refractivity contribution is 5.83. The number of aromatic nitrogens is 3. The summed E-state index contributed by atoms with van der Waals surface area (Å²) in [6.07, 6.45) is 11.5. The van der Waals surface area contributed by atoms with Crippen molar-refractivity contribution in [3.63, 3.8) is 0 Å². The van der Waals surface area contributed by atoms with E-state index in [1.165, 1.54) is 5.57 Å². The first-order valence-electron chi connectivity index (χ1n) is 11.4. The summed E-state index contributed by atoms with van der Waals surface area (Å²) in [7, 11) is 1.75. The molecule has 0 radical (unpaired) electrons. The average molecular weight is 455 g/mol. The summed E-state index contributed by atoms with van der Waals surface area (Å²) in [5, 5.41) is 0. The zero-order chi connectivity index (χ0) is 25.0. The van der Waals surface area contributed by atoms with Gasteiger partial charge in [-0.25, -0.2) is 4.79 Å². The highest BCUT2D eigenvalue weighted by Crippen LogP contribution is 2.30. The maximum atomic E-state index is 13.1. The van der Waals surface area contributed by atoms with Crippen molar-refractivity contribution >= 4 is 5.57 Å². The molecule has 0 saturated heterocycles. The second-order valence-electron chi connectivity index (χ2n) is 9.15. The first kappa shape index (κ1) is 24.9. The number of hydrogen-bond donors (Lipinski definition) is 1. The van der Waals surface area contributed by atoms with Gasteiger partial charge in [0.2, 0.25) is 0 Å². The quantitative estimate of drug-likeness (QED) is 0.451. The van der Waals surface area contributed by atoms with Crippen LogP contribution < -0.4 is 11.4 Å². The normalized spacial score (nSPS) is 12.3. The summed E-state index contributed by atoms with van der Waals surface area (Å²) in [5.74, 6) is 0. The molecule has 2 aromatic heterocycles. The van der Waals surface area contributed by atoms with Crippen molar-refractivity contribution in [3.8, 4) is 17.1 Å². The molecule has 2 N–H and O–H groups in total. The number of hydrogen-bond acceptors (Lipinski definition) is 3. The number of rotatable bonds is 7. The largest absolute Gasteiger partial charge is 0.333 e. The van der Waals surface area contributed by atoms with Gasteiger partial charge in [-0.3, -0.25) is 9.55 Å². The number of benzene rings is 1. The molecule has 0 bridgehead atoms. The molecule has 176 valence electrons. The van der Waals surface area contributed by atoms with Gasteiger partial charge in [-0.05, 0) is 81.2 Å². The Morgan fingerprint density at radius 2 is 1.82 bits per heavy atom. The van der Waals surface area contributed by atoms with Crippen molar-refractivity contribution < 1.29 is 0 Å². The molecule has 0 amide bonds. The molecule has 0 spiro atoms. The van der Waals surface area contributed by atoms with E-state index >= 15 is 0 Å². The molecule has 34 heavy (non-hydrogen) atoms. The zero-order valence-corrected chi connectivity index (χ0v) is 21.0. The van der Waals surface area contributed by atoms with E-state index in [-0.39, 0.29) is 5.69 Å². The molecule has 0 aliphatic carbocycles. The molecule has 1 aromatic carbocycles. The van der Waals surface area contributed by atoms with Crippen molar-refractivity contribution in [2.24, 2.45) is 12.8 Å². The first-order chi connectivity index (χ1) is 16.1. The molecular weight excluding hydrogens is 420 g/mol. The number of pyridine rings is 1. The average Bonchev–Trinajstić information content (AvgIpc) is 3.10. The fourth-order valence-corrected chi connectivity index (χ4v) is 3.93. The molecule has 0 atom stereocenters. The van der Waals surface area contributed by atoms with Crippen LogP contribution in [-0.2, 0) is 12.6 Å². The Morgan fingerprint density at radius 3 is 2.38 bits per heavy atom. The summed E-state index contributed by atoms with van der Waals surface area (Å²) in [6, 6.07) is 11.8.